The van der Waals surface area contributed by atoms with E-state index in [4.69, 9.17) is 0 Å². The Labute approximate surface area is 110 Å². The van der Waals surface area contributed by atoms with Gasteiger partial charge in [0.2, 0.25) is 6.54 Å². The predicted molar refractivity (Wildman–Crippen MR) is 68.0 cm³/mol. The van der Waals surface area contributed by atoms with Crippen molar-refractivity contribution >= 4 is 5.78 Å². The van der Waals surface area contributed by atoms with Gasteiger partial charge in [-0.3, -0.25) is 14.9 Å². The molecule has 1 saturated carbocycles. The SMILES string of the molecule is O=C1CCCCC1[C@@H](C[N+](=O)[O-])c1ccc(F)cc1. The van der Waals surface area contributed by atoms with Crippen molar-refractivity contribution in [2.45, 2.75) is 31.6 Å². The van der Waals surface area contributed by atoms with E-state index >= 15 is 0 Å². The molecule has 0 aliphatic heterocycles. The molecule has 19 heavy (non-hydrogen) atoms. The van der Waals surface area contributed by atoms with Crippen LogP contribution in [0.1, 0.15) is 37.2 Å². The highest BCUT2D eigenvalue weighted by molar-refractivity contribution is 5.82. The maximum Gasteiger partial charge on any atom is 0.211 e. The highest BCUT2D eigenvalue weighted by atomic mass is 19.1. The molecule has 2 atom stereocenters. The highest BCUT2D eigenvalue weighted by Gasteiger charge is 2.34. The van der Waals surface area contributed by atoms with Crippen molar-refractivity contribution < 1.29 is 14.1 Å². The number of Topliss-reactive ketones (excluding diaryl/α,β-unsaturated/α-hetero) is 1. The lowest BCUT2D eigenvalue weighted by Crippen LogP contribution is -2.30. The summed E-state index contributed by atoms with van der Waals surface area (Å²) in [6.45, 7) is -0.276. The van der Waals surface area contributed by atoms with Crippen LogP contribution in [0.5, 0.6) is 0 Å². The van der Waals surface area contributed by atoms with Crippen molar-refractivity contribution in [3.05, 3.63) is 45.8 Å². The van der Waals surface area contributed by atoms with E-state index in [-0.39, 0.29) is 24.1 Å². The van der Waals surface area contributed by atoms with Gasteiger partial charge in [0.1, 0.15) is 11.6 Å². The van der Waals surface area contributed by atoms with Crippen LogP contribution in [0.4, 0.5) is 4.39 Å². The van der Waals surface area contributed by atoms with Crippen molar-refractivity contribution in [1.29, 1.82) is 0 Å². The Balaban J connectivity index is 2.26. The molecule has 0 amide bonds. The number of carbonyl (C=O) groups excluding carboxylic acids is 1. The first-order chi connectivity index (χ1) is 9.08. The number of carbonyl (C=O) groups is 1. The van der Waals surface area contributed by atoms with E-state index in [2.05, 4.69) is 0 Å². The molecule has 0 N–H and O–H groups in total. The van der Waals surface area contributed by atoms with Gasteiger partial charge in [0, 0.05) is 17.3 Å². The number of nitrogens with zero attached hydrogens (tertiary/aromatic N) is 1. The second kappa shape index (κ2) is 5.91. The monoisotopic (exact) mass is 265 g/mol. The lowest BCUT2D eigenvalue weighted by Gasteiger charge is -2.26. The van der Waals surface area contributed by atoms with Gasteiger partial charge in [-0.05, 0) is 30.5 Å². The molecule has 1 fully saturated rings. The fourth-order valence-corrected chi connectivity index (χ4v) is 2.77. The predicted octanol–water partition coefficient (Wildman–Crippen LogP) is 2.95. The first-order valence-electron chi connectivity index (χ1n) is 6.48. The number of nitro groups is 1. The van der Waals surface area contributed by atoms with Crippen LogP contribution in [0.25, 0.3) is 0 Å². The highest BCUT2D eigenvalue weighted by Crippen LogP contribution is 2.34. The van der Waals surface area contributed by atoms with Gasteiger partial charge in [0.15, 0.2) is 0 Å². The van der Waals surface area contributed by atoms with Crippen LogP contribution in [-0.2, 0) is 4.79 Å². The average Bonchev–Trinajstić information content (AvgIpc) is 2.38. The summed E-state index contributed by atoms with van der Waals surface area (Å²) >= 11 is 0. The maximum atomic E-state index is 12.9. The minimum absolute atomic E-state index is 0.0995. The zero-order valence-electron chi connectivity index (χ0n) is 10.5. The van der Waals surface area contributed by atoms with Crippen LogP contribution in [-0.4, -0.2) is 17.3 Å². The molecule has 1 aliphatic carbocycles. The summed E-state index contributed by atoms with van der Waals surface area (Å²) in [5, 5.41) is 10.8. The van der Waals surface area contributed by atoms with E-state index in [0.29, 0.717) is 18.4 Å². The van der Waals surface area contributed by atoms with Crippen LogP contribution in [0.2, 0.25) is 0 Å². The molecule has 0 bridgehead atoms. The fraction of sp³-hybridized carbons (Fsp3) is 0.500. The summed E-state index contributed by atoms with van der Waals surface area (Å²) in [6.07, 6.45) is 2.98. The van der Waals surface area contributed by atoms with Crippen LogP contribution in [0, 0.1) is 21.8 Å². The van der Waals surface area contributed by atoms with E-state index < -0.39 is 10.8 Å². The summed E-state index contributed by atoms with van der Waals surface area (Å²) in [5.74, 6) is -1.02. The summed E-state index contributed by atoms with van der Waals surface area (Å²) in [6, 6.07) is 5.67. The zero-order valence-corrected chi connectivity index (χ0v) is 10.5. The minimum atomic E-state index is -0.441. The lowest BCUT2D eigenvalue weighted by atomic mass is 9.76. The summed E-state index contributed by atoms with van der Waals surface area (Å²) in [7, 11) is 0. The second-order valence-corrected chi connectivity index (χ2v) is 4.99. The Morgan fingerprint density at radius 1 is 1.32 bits per heavy atom. The molecule has 0 spiro atoms. The third kappa shape index (κ3) is 3.36. The number of halogens is 1. The van der Waals surface area contributed by atoms with E-state index in [1.54, 1.807) is 12.1 Å². The summed E-state index contributed by atoms with van der Waals surface area (Å²) < 4.78 is 12.9. The first kappa shape index (κ1) is 13.6. The fourth-order valence-electron chi connectivity index (χ4n) is 2.77. The molecule has 1 unspecified atom stereocenters. The molecular formula is C14H16FNO3. The molecule has 102 valence electrons. The second-order valence-electron chi connectivity index (χ2n) is 4.99. The first-order valence-corrected chi connectivity index (χ1v) is 6.48. The van der Waals surface area contributed by atoms with Crippen LogP contribution < -0.4 is 0 Å². The Bertz CT molecular complexity index is 472. The van der Waals surface area contributed by atoms with Crippen molar-refractivity contribution in [2.75, 3.05) is 6.54 Å². The molecule has 1 aliphatic rings. The number of hydrogen-bond donors (Lipinski definition) is 0. The average molecular weight is 265 g/mol. The number of benzene rings is 1. The third-order valence-corrected chi connectivity index (χ3v) is 3.73. The largest absolute Gasteiger partial charge is 0.299 e. The topological polar surface area (TPSA) is 60.2 Å². The zero-order chi connectivity index (χ0) is 13.8. The maximum absolute atomic E-state index is 12.9. The quantitative estimate of drug-likeness (QED) is 0.621. The Kier molecular flexibility index (Phi) is 4.24. The molecule has 0 radical (unpaired) electrons. The molecule has 2 rings (SSSR count). The van der Waals surface area contributed by atoms with E-state index in [9.17, 15) is 19.3 Å². The normalized spacial score (nSPS) is 21.1. The van der Waals surface area contributed by atoms with Gasteiger partial charge in [-0.25, -0.2) is 4.39 Å². The van der Waals surface area contributed by atoms with Crippen LogP contribution >= 0.6 is 0 Å². The minimum Gasteiger partial charge on any atom is -0.299 e. The smallest absolute Gasteiger partial charge is 0.211 e. The van der Waals surface area contributed by atoms with Gasteiger partial charge in [-0.15, -0.1) is 0 Å². The summed E-state index contributed by atoms with van der Waals surface area (Å²) in [5.41, 5.74) is 0.679. The third-order valence-electron chi connectivity index (χ3n) is 3.73. The van der Waals surface area contributed by atoms with Crippen molar-refractivity contribution in [3.63, 3.8) is 0 Å². The molecule has 0 saturated heterocycles. The van der Waals surface area contributed by atoms with Gasteiger partial charge < -0.3 is 0 Å². The van der Waals surface area contributed by atoms with Crippen LogP contribution in [0.3, 0.4) is 0 Å². The molecule has 4 nitrogen and oxygen atoms in total. The van der Waals surface area contributed by atoms with Gasteiger partial charge in [0.05, 0.1) is 5.92 Å². The van der Waals surface area contributed by atoms with E-state index in [0.717, 1.165) is 12.8 Å². The molecule has 0 heterocycles. The number of ketones is 1. The molecule has 0 aromatic heterocycles. The Morgan fingerprint density at radius 2 is 2.00 bits per heavy atom. The Hall–Kier alpha value is -1.78. The molecular weight excluding hydrogens is 249 g/mol. The number of hydrogen-bond acceptors (Lipinski definition) is 3. The van der Waals surface area contributed by atoms with Gasteiger partial charge in [0.25, 0.3) is 0 Å². The van der Waals surface area contributed by atoms with Gasteiger partial charge in [-0.2, -0.15) is 0 Å². The van der Waals surface area contributed by atoms with E-state index in [1.807, 2.05) is 0 Å². The summed E-state index contributed by atoms with van der Waals surface area (Å²) in [4.78, 5) is 22.4. The van der Waals surface area contributed by atoms with E-state index in [1.165, 1.54) is 12.1 Å². The van der Waals surface area contributed by atoms with Crippen LogP contribution in [0.15, 0.2) is 24.3 Å². The number of rotatable bonds is 4. The molecule has 1 aromatic rings. The Morgan fingerprint density at radius 3 is 2.58 bits per heavy atom. The molecule has 5 heteroatoms. The lowest BCUT2D eigenvalue weighted by molar-refractivity contribution is -0.484. The van der Waals surface area contributed by atoms with Gasteiger partial charge >= 0.3 is 0 Å². The van der Waals surface area contributed by atoms with Crippen molar-refractivity contribution in [3.8, 4) is 0 Å². The van der Waals surface area contributed by atoms with Crippen molar-refractivity contribution in [2.24, 2.45) is 5.92 Å². The standard InChI is InChI=1S/C14H16FNO3/c15-11-7-5-10(6-8-11)13(9-16(18)19)12-3-1-2-4-14(12)17/h5-8,12-13H,1-4,9H2/t12?,13-/m0/s1. The van der Waals surface area contributed by atoms with Crippen molar-refractivity contribution in [1.82, 2.24) is 0 Å². The van der Waals surface area contributed by atoms with Gasteiger partial charge in [-0.1, -0.05) is 18.6 Å². The molecule has 1 aromatic carbocycles.